The third kappa shape index (κ3) is 2.59. The lowest BCUT2D eigenvalue weighted by Gasteiger charge is -2.06. The number of hydrogen-bond acceptors (Lipinski definition) is 5. The van der Waals surface area contributed by atoms with Crippen molar-refractivity contribution in [2.24, 2.45) is 0 Å². The maximum absolute atomic E-state index is 12.5. The fourth-order valence-electron chi connectivity index (χ4n) is 0.473. The molecule has 0 saturated heterocycles. The number of rotatable bonds is 3. The molecule has 8 heteroatoms. The van der Waals surface area contributed by atoms with E-state index in [1.807, 2.05) is 0 Å². The van der Waals surface area contributed by atoms with Crippen molar-refractivity contribution in [2.75, 3.05) is 0 Å². The number of carbonyl (C=O) groups is 1. The summed E-state index contributed by atoms with van der Waals surface area (Å²) >= 11 is 0.816. The molecule has 0 unspecified atom stereocenters. The van der Waals surface area contributed by atoms with Gasteiger partial charge in [0.05, 0.1) is 0 Å². The first-order chi connectivity index (χ1) is 5.92. The lowest BCUT2D eigenvalue weighted by Crippen LogP contribution is -2.23. The van der Waals surface area contributed by atoms with E-state index in [-0.39, 0.29) is 16.1 Å². The van der Waals surface area contributed by atoms with Crippen LogP contribution in [0.1, 0.15) is 5.01 Å². The molecular weight excluding hydrogens is 222 g/mol. The number of carboxylic acid groups (broad SMARTS) is 1. The minimum atomic E-state index is -3.84. The molecule has 0 fully saturated rings. The maximum Gasteiger partial charge on any atom is 0.395 e. The van der Waals surface area contributed by atoms with E-state index in [1.165, 1.54) is 0 Å². The highest BCUT2D eigenvalue weighted by Crippen LogP contribution is 2.37. The van der Waals surface area contributed by atoms with Gasteiger partial charge in [0.15, 0.2) is 4.34 Å². The van der Waals surface area contributed by atoms with Crippen LogP contribution in [0.15, 0.2) is 4.34 Å². The number of aromatic nitrogens is 2. The van der Waals surface area contributed by atoms with Crippen LogP contribution in [0.25, 0.3) is 0 Å². The molecule has 13 heavy (non-hydrogen) atoms. The van der Waals surface area contributed by atoms with Crippen LogP contribution in [0.5, 0.6) is 0 Å². The number of aryl methyl sites for hydroxylation is 1. The third-order valence-corrected chi connectivity index (χ3v) is 2.79. The fourth-order valence-corrected chi connectivity index (χ4v) is 2.12. The third-order valence-electron chi connectivity index (χ3n) is 0.972. The van der Waals surface area contributed by atoms with Gasteiger partial charge in [0.25, 0.3) is 0 Å². The smallest absolute Gasteiger partial charge is 0.395 e. The number of halogens is 2. The quantitative estimate of drug-likeness (QED) is 0.793. The van der Waals surface area contributed by atoms with Crippen LogP contribution in [0.4, 0.5) is 8.78 Å². The van der Waals surface area contributed by atoms with Gasteiger partial charge in [0.2, 0.25) is 0 Å². The topological polar surface area (TPSA) is 63.1 Å². The summed E-state index contributed by atoms with van der Waals surface area (Å²) in [4.78, 5) is 10.0. The molecular formula is C5H4F2N2O2S2. The minimum Gasteiger partial charge on any atom is -0.476 e. The first kappa shape index (κ1) is 10.3. The van der Waals surface area contributed by atoms with Crippen molar-refractivity contribution in [1.29, 1.82) is 0 Å². The van der Waals surface area contributed by atoms with Crippen LogP contribution in [0, 0.1) is 6.92 Å². The number of hydrogen-bond donors (Lipinski definition) is 1. The molecule has 1 aromatic heterocycles. The highest BCUT2D eigenvalue weighted by molar-refractivity contribution is 8.02. The predicted octanol–water partition coefficient (Wildman–Crippen LogP) is 1.62. The molecule has 1 heterocycles. The summed E-state index contributed by atoms with van der Waals surface area (Å²) in [5, 5.41) is 11.6. The molecule has 1 N–H and O–H groups in total. The largest absolute Gasteiger partial charge is 0.476 e. The van der Waals surface area contributed by atoms with Gasteiger partial charge >= 0.3 is 11.2 Å². The zero-order valence-corrected chi connectivity index (χ0v) is 7.96. The van der Waals surface area contributed by atoms with Gasteiger partial charge in [-0.2, -0.15) is 8.78 Å². The molecule has 0 saturated carbocycles. The van der Waals surface area contributed by atoms with Gasteiger partial charge in [0.1, 0.15) is 5.01 Å². The Labute approximate surface area is 80.0 Å². The molecule has 1 aromatic rings. The Kier molecular flexibility index (Phi) is 2.81. The molecule has 0 atom stereocenters. The molecule has 0 amide bonds. The molecule has 0 aliphatic rings. The first-order valence-electron chi connectivity index (χ1n) is 3.02. The summed E-state index contributed by atoms with van der Waals surface area (Å²) in [6.07, 6.45) is 0. The maximum atomic E-state index is 12.5. The lowest BCUT2D eigenvalue weighted by molar-refractivity contribution is -0.152. The van der Waals surface area contributed by atoms with E-state index in [4.69, 9.17) is 5.11 Å². The molecule has 0 aromatic carbocycles. The standard InChI is InChI=1S/C5H4F2N2O2S2/c1-2-8-9-4(12-2)13-5(6,7)3(10)11/h1H3,(H,10,11). The number of nitrogens with zero attached hydrogens (tertiary/aromatic N) is 2. The monoisotopic (exact) mass is 226 g/mol. The highest BCUT2D eigenvalue weighted by atomic mass is 32.2. The van der Waals surface area contributed by atoms with E-state index in [0.717, 1.165) is 11.3 Å². The molecule has 0 aliphatic heterocycles. The molecule has 72 valence electrons. The van der Waals surface area contributed by atoms with Gasteiger partial charge in [-0.25, -0.2) is 4.79 Å². The van der Waals surface area contributed by atoms with Crippen LogP contribution in [-0.4, -0.2) is 26.5 Å². The molecule has 0 aliphatic carbocycles. The average molecular weight is 226 g/mol. The van der Waals surface area contributed by atoms with E-state index in [0.29, 0.717) is 5.01 Å². The Morgan fingerprint density at radius 2 is 2.23 bits per heavy atom. The van der Waals surface area contributed by atoms with Crippen molar-refractivity contribution in [3.8, 4) is 0 Å². The number of thioether (sulfide) groups is 1. The SMILES string of the molecule is Cc1nnc(SC(F)(F)C(=O)O)s1. The van der Waals surface area contributed by atoms with Gasteiger partial charge in [0, 0.05) is 0 Å². The lowest BCUT2D eigenvalue weighted by atomic mass is 10.7. The van der Waals surface area contributed by atoms with Crippen molar-refractivity contribution in [1.82, 2.24) is 10.2 Å². The number of aliphatic carboxylic acids is 1. The predicted molar refractivity (Wildman–Crippen MR) is 43.1 cm³/mol. The van der Waals surface area contributed by atoms with E-state index < -0.39 is 11.2 Å². The number of alkyl halides is 2. The van der Waals surface area contributed by atoms with Gasteiger partial charge < -0.3 is 5.11 Å². The van der Waals surface area contributed by atoms with E-state index >= 15 is 0 Å². The summed E-state index contributed by atoms with van der Waals surface area (Å²) in [6, 6.07) is 0. The summed E-state index contributed by atoms with van der Waals surface area (Å²) in [6.45, 7) is 1.60. The van der Waals surface area contributed by atoms with Crippen LogP contribution >= 0.6 is 23.1 Å². The Hall–Kier alpha value is -0.760. The van der Waals surface area contributed by atoms with Crippen molar-refractivity contribution < 1.29 is 18.7 Å². The van der Waals surface area contributed by atoms with Crippen LogP contribution < -0.4 is 0 Å². The molecule has 0 radical (unpaired) electrons. The van der Waals surface area contributed by atoms with Crippen molar-refractivity contribution in [2.45, 2.75) is 16.5 Å². The van der Waals surface area contributed by atoms with Crippen LogP contribution in [0.2, 0.25) is 0 Å². The van der Waals surface area contributed by atoms with Gasteiger partial charge in [-0.1, -0.05) is 11.3 Å². The summed E-state index contributed by atoms with van der Waals surface area (Å²) in [7, 11) is 0. The normalized spacial score (nSPS) is 11.6. The van der Waals surface area contributed by atoms with E-state index in [9.17, 15) is 13.6 Å². The number of carboxylic acids is 1. The minimum absolute atomic E-state index is 0.0510. The zero-order chi connectivity index (χ0) is 10.1. The first-order valence-corrected chi connectivity index (χ1v) is 4.65. The van der Waals surface area contributed by atoms with Gasteiger partial charge in [-0.05, 0) is 18.7 Å². The van der Waals surface area contributed by atoms with Crippen LogP contribution in [0.3, 0.4) is 0 Å². The second-order valence-electron chi connectivity index (χ2n) is 2.01. The van der Waals surface area contributed by atoms with Crippen molar-refractivity contribution in [3.05, 3.63) is 5.01 Å². The van der Waals surface area contributed by atoms with E-state index in [1.54, 1.807) is 6.92 Å². The molecule has 0 spiro atoms. The Bertz CT molecular complexity index is 328. The van der Waals surface area contributed by atoms with Gasteiger partial charge in [-0.15, -0.1) is 10.2 Å². The Morgan fingerprint density at radius 1 is 1.62 bits per heavy atom. The summed E-state index contributed by atoms with van der Waals surface area (Å²) < 4.78 is 25.0. The second-order valence-corrected chi connectivity index (χ2v) is 4.55. The average Bonchev–Trinajstić information content (AvgIpc) is 2.34. The summed E-state index contributed by atoms with van der Waals surface area (Å²) in [5.41, 5.74) is 0. The molecule has 1 rings (SSSR count). The Morgan fingerprint density at radius 3 is 2.62 bits per heavy atom. The second kappa shape index (κ2) is 3.54. The van der Waals surface area contributed by atoms with Crippen molar-refractivity contribution >= 4 is 29.1 Å². The summed E-state index contributed by atoms with van der Waals surface area (Å²) in [5.74, 6) is -2.18. The van der Waals surface area contributed by atoms with E-state index in [2.05, 4.69) is 10.2 Å². The molecule has 4 nitrogen and oxygen atoms in total. The van der Waals surface area contributed by atoms with Crippen LogP contribution in [-0.2, 0) is 4.79 Å². The molecule has 0 bridgehead atoms. The zero-order valence-electron chi connectivity index (χ0n) is 6.32. The Balaban J connectivity index is 2.74. The van der Waals surface area contributed by atoms with Gasteiger partial charge in [-0.3, -0.25) is 0 Å². The fraction of sp³-hybridized carbons (Fsp3) is 0.400. The van der Waals surface area contributed by atoms with Crippen molar-refractivity contribution in [3.63, 3.8) is 0 Å². The highest BCUT2D eigenvalue weighted by Gasteiger charge is 2.41.